The van der Waals surface area contributed by atoms with Crippen molar-refractivity contribution in [2.45, 2.75) is 30.7 Å². The highest BCUT2D eigenvalue weighted by atomic mass is 32.2. The number of hydrogen-bond donors (Lipinski definition) is 1. The number of piperidine rings is 1. The molecular weight excluding hydrogens is 440 g/mol. The molecule has 1 amide bonds. The van der Waals surface area contributed by atoms with E-state index < -0.39 is 10.0 Å². The van der Waals surface area contributed by atoms with Crippen LogP contribution in [0.2, 0.25) is 0 Å². The van der Waals surface area contributed by atoms with Crippen LogP contribution < -0.4 is 10.9 Å². The Bertz CT molecular complexity index is 1270. The molecule has 9 heteroatoms. The Morgan fingerprint density at radius 1 is 0.970 bits per heavy atom. The van der Waals surface area contributed by atoms with Gasteiger partial charge in [-0.05, 0) is 37.1 Å². The molecule has 1 aromatic heterocycles. The number of amides is 1. The summed E-state index contributed by atoms with van der Waals surface area (Å²) in [4.78, 5) is 29.3. The molecule has 0 spiro atoms. The van der Waals surface area contributed by atoms with Crippen LogP contribution in [-0.2, 0) is 16.6 Å². The second-order valence-electron chi connectivity index (χ2n) is 7.92. The fraction of sp³-hybridized carbons (Fsp3) is 0.292. The minimum Gasteiger partial charge on any atom is -0.350 e. The van der Waals surface area contributed by atoms with Crippen LogP contribution >= 0.6 is 0 Å². The zero-order chi connectivity index (χ0) is 23.3. The lowest BCUT2D eigenvalue weighted by atomic mass is 10.1. The molecule has 33 heavy (non-hydrogen) atoms. The van der Waals surface area contributed by atoms with Crippen molar-refractivity contribution >= 4 is 15.9 Å². The lowest BCUT2D eigenvalue weighted by molar-refractivity contribution is 0.0952. The highest BCUT2D eigenvalue weighted by Gasteiger charge is 2.25. The third-order valence-corrected chi connectivity index (χ3v) is 7.57. The van der Waals surface area contributed by atoms with E-state index in [2.05, 4.69) is 10.3 Å². The molecule has 3 aromatic rings. The number of nitrogens with one attached hydrogen (secondary N) is 1. The Kier molecular flexibility index (Phi) is 7.00. The van der Waals surface area contributed by atoms with Crippen LogP contribution in [0.5, 0.6) is 0 Å². The lowest BCUT2D eigenvalue weighted by Crippen LogP contribution is -2.35. The van der Waals surface area contributed by atoms with Crippen LogP contribution in [-0.4, -0.2) is 47.8 Å². The molecule has 2 aromatic carbocycles. The number of benzene rings is 2. The van der Waals surface area contributed by atoms with Crippen LogP contribution in [0.4, 0.5) is 0 Å². The topological polar surface area (TPSA) is 101 Å². The molecule has 0 bridgehead atoms. The third-order valence-electron chi connectivity index (χ3n) is 5.66. The number of nitrogens with zero attached hydrogens (tertiary/aromatic N) is 3. The molecule has 0 saturated carbocycles. The van der Waals surface area contributed by atoms with E-state index in [4.69, 9.17) is 0 Å². The maximum atomic E-state index is 12.7. The largest absolute Gasteiger partial charge is 0.350 e. The average molecular weight is 467 g/mol. The number of carbonyl (C=O) groups excluding carboxylic acids is 1. The molecule has 2 heterocycles. The molecule has 0 atom stereocenters. The maximum absolute atomic E-state index is 12.7. The van der Waals surface area contributed by atoms with E-state index in [1.54, 1.807) is 0 Å². The Labute approximate surface area is 193 Å². The fourth-order valence-electron chi connectivity index (χ4n) is 3.79. The zero-order valence-electron chi connectivity index (χ0n) is 18.2. The molecule has 4 rings (SSSR count). The first-order valence-corrected chi connectivity index (χ1v) is 12.4. The molecule has 172 valence electrons. The molecule has 0 aliphatic carbocycles. The molecule has 0 unspecified atom stereocenters. The summed E-state index contributed by atoms with van der Waals surface area (Å²) in [5.41, 5.74) is 1.61. The molecular formula is C24H26N4O4S. The van der Waals surface area contributed by atoms with E-state index >= 15 is 0 Å². The van der Waals surface area contributed by atoms with E-state index in [0.29, 0.717) is 24.3 Å². The van der Waals surface area contributed by atoms with Crippen molar-refractivity contribution in [1.29, 1.82) is 0 Å². The molecule has 1 saturated heterocycles. The van der Waals surface area contributed by atoms with Crippen molar-refractivity contribution in [3.63, 3.8) is 0 Å². The van der Waals surface area contributed by atoms with Crippen LogP contribution in [0, 0.1) is 0 Å². The standard InChI is InChI=1S/C24H26N4O4S/c29-23-17-22(19-7-3-1-4-8-19)26-18-27(23)16-13-25-24(30)20-9-11-21(12-10-20)33(31,32)28-14-5-2-6-15-28/h1,3-4,7-12,17-18H,2,5-6,13-16H2,(H,25,30). The van der Waals surface area contributed by atoms with Gasteiger partial charge in [0, 0.05) is 43.4 Å². The van der Waals surface area contributed by atoms with Gasteiger partial charge in [0.05, 0.1) is 16.9 Å². The Morgan fingerprint density at radius 3 is 2.33 bits per heavy atom. The summed E-state index contributed by atoms with van der Waals surface area (Å²) < 4.78 is 28.4. The summed E-state index contributed by atoms with van der Waals surface area (Å²) >= 11 is 0. The second kappa shape index (κ2) is 10.1. The molecule has 1 aliphatic heterocycles. The fourth-order valence-corrected chi connectivity index (χ4v) is 5.30. The molecule has 0 radical (unpaired) electrons. The van der Waals surface area contributed by atoms with Gasteiger partial charge in [-0.1, -0.05) is 36.8 Å². The summed E-state index contributed by atoms with van der Waals surface area (Å²) in [6.45, 7) is 1.57. The lowest BCUT2D eigenvalue weighted by Gasteiger charge is -2.25. The maximum Gasteiger partial charge on any atom is 0.253 e. The van der Waals surface area contributed by atoms with Crippen LogP contribution in [0.25, 0.3) is 11.3 Å². The van der Waals surface area contributed by atoms with Gasteiger partial charge in [-0.15, -0.1) is 0 Å². The molecule has 1 aliphatic rings. The molecule has 8 nitrogen and oxygen atoms in total. The second-order valence-corrected chi connectivity index (χ2v) is 9.85. The van der Waals surface area contributed by atoms with Gasteiger partial charge in [0.2, 0.25) is 10.0 Å². The summed E-state index contributed by atoms with van der Waals surface area (Å²) in [6, 6.07) is 16.9. The van der Waals surface area contributed by atoms with E-state index in [1.165, 1.54) is 45.5 Å². The number of sulfonamides is 1. The predicted molar refractivity (Wildman–Crippen MR) is 125 cm³/mol. The van der Waals surface area contributed by atoms with Gasteiger partial charge in [0.15, 0.2) is 0 Å². The van der Waals surface area contributed by atoms with Gasteiger partial charge in [-0.2, -0.15) is 4.31 Å². The average Bonchev–Trinajstić information content (AvgIpc) is 2.86. The minimum atomic E-state index is -3.53. The predicted octanol–water partition coefficient (Wildman–Crippen LogP) is 2.51. The number of hydrogen-bond acceptors (Lipinski definition) is 5. The van der Waals surface area contributed by atoms with E-state index in [1.807, 2.05) is 30.3 Å². The van der Waals surface area contributed by atoms with Crippen LogP contribution in [0.1, 0.15) is 29.6 Å². The molecule has 1 N–H and O–H groups in total. The minimum absolute atomic E-state index is 0.192. The summed E-state index contributed by atoms with van der Waals surface area (Å²) in [6.07, 6.45) is 4.25. The van der Waals surface area contributed by atoms with Crippen molar-refractivity contribution in [1.82, 2.24) is 19.2 Å². The SMILES string of the molecule is O=C(NCCn1cnc(-c2ccccc2)cc1=O)c1ccc(S(=O)(=O)N2CCCCC2)cc1. The Hall–Kier alpha value is -3.30. The number of carbonyl (C=O) groups is 1. The van der Waals surface area contributed by atoms with Gasteiger partial charge < -0.3 is 5.32 Å². The van der Waals surface area contributed by atoms with Gasteiger partial charge >= 0.3 is 0 Å². The molecule has 1 fully saturated rings. The van der Waals surface area contributed by atoms with Gasteiger partial charge in [-0.25, -0.2) is 13.4 Å². The number of aromatic nitrogens is 2. The van der Waals surface area contributed by atoms with E-state index in [0.717, 1.165) is 24.8 Å². The summed E-state index contributed by atoms with van der Waals surface area (Å²) in [7, 11) is -3.53. The van der Waals surface area contributed by atoms with Crippen molar-refractivity contribution in [3.05, 3.63) is 82.9 Å². The Morgan fingerprint density at radius 2 is 1.67 bits per heavy atom. The van der Waals surface area contributed by atoms with Gasteiger partial charge in [0.25, 0.3) is 11.5 Å². The van der Waals surface area contributed by atoms with Gasteiger partial charge in [0.1, 0.15) is 0 Å². The van der Waals surface area contributed by atoms with Crippen molar-refractivity contribution in [2.24, 2.45) is 0 Å². The van der Waals surface area contributed by atoms with Crippen molar-refractivity contribution in [2.75, 3.05) is 19.6 Å². The van der Waals surface area contributed by atoms with Crippen LogP contribution in [0.15, 0.2) is 76.7 Å². The van der Waals surface area contributed by atoms with E-state index in [9.17, 15) is 18.0 Å². The quantitative estimate of drug-likeness (QED) is 0.577. The first-order valence-electron chi connectivity index (χ1n) is 11.0. The van der Waals surface area contributed by atoms with Crippen LogP contribution in [0.3, 0.4) is 0 Å². The summed E-state index contributed by atoms with van der Waals surface area (Å²) in [5.74, 6) is -0.334. The van der Waals surface area contributed by atoms with Gasteiger partial charge in [-0.3, -0.25) is 14.2 Å². The normalized spacial score (nSPS) is 14.7. The zero-order valence-corrected chi connectivity index (χ0v) is 19.0. The smallest absolute Gasteiger partial charge is 0.253 e. The monoisotopic (exact) mass is 466 g/mol. The Balaban J connectivity index is 1.34. The highest BCUT2D eigenvalue weighted by molar-refractivity contribution is 7.89. The first-order chi connectivity index (χ1) is 15.9. The summed E-state index contributed by atoms with van der Waals surface area (Å²) in [5, 5.41) is 2.76. The van der Waals surface area contributed by atoms with Crippen molar-refractivity contribution in [3.8, 4) is 11.3 Å². The van der Waals surface area contributed by atoms with Crippen molar-refractivity contribution < 1.29 is 13.2 Å². The third kappa shape index (κ3) is 5.37. The number of rotatable bonds is 7. The first kappa shape index (κ1) is 22.9. The van der Waals surface area contributed by atoms with E-state index in [-0.39, 0.29) is 29.5 Å². The highest BCUT2D eigenvalue weighted by Crippen LogP contribution is 2.21.